The summed E-state index contributed by atoms with van der Waals surface area (Å²) in [6, 6.07) is 5.45. The number of aromatic carboxylic acids is 1. The lowest BCUT2D eigenvalue weighted by atomic mass is 10.2. The van der Waals surface area contributed by atoms with Crippen LogP contribution in [0, 0.1) is 6.92 Å². The van der Waals surface area contributed by atoms with Crippen molar-refractivity contribution >= 4 is 11.6 Å². The largest absolute Gasteiger partial charge is 0.476 e. The maximum Gasteiger partial charge on any atom is 0.356 e. The van der Waals surface area contributed by atoms with E-state index in [9.17, 15) is 4.79 Å². The number of carbonyl (C=O) groups is 1. The molecular formula is C12H10N4O2. The molecule has 0 amide bonds. The van der Waals surface area contributed by atoms with Crippen molar-refractivity contribution < 1.29 is 9.90 Å². The highest BCUT2D eigenvalue weighted by Crippen LogP contribution is 2.18. The second-order valence-corrected chi connectivity index (χ2v) is 3.94. The summed E-state index contributed by atoms with van der Waals surface area (Å²) in [6.07, 6.45) is 3.59. The normalized spacial score (nSPS) is 10.9. The van der Waals surface area contributed by atoms with Gasteiger partial charge in [-0.25, -0.2) is 14.3 Å². The highest BCUT2D eigenvalue weighted by Gasteiger charge is 2.17. The Morgan fingerprint density at radius 3 is 2.89 bits per heavy atom. The first-order valence-corrected chi connectivity index (χ1v) is 5.39. The Kier molecular flexibility index (Phi) is 2.16. The maximum absolute atomic E-state index is 11.2. The molecule has 3 rings (SSSR count). The van der Waals surface area contributed by atoms with Crippen molar-refractivity contribution in [2.24, 2.45) is 0 Å². The van der Waals surface area contributed by atoms with E-state index in [0.717, 1.165) is 5.56 Å². The van der Waals surface area contributed by atoms with Gasteiger partial charge in [-0.1, -0.05) is 0 Å². The van der Waals surface area contributed by atoms with Crippen LogP contribution >= 0.6 is 0 Å². The molecule has 0 unspecified atom stereocenters. The summed E-state index contributed by atoms with van der Waals surface area (Å²) < 4.78 is 1.36. The zero-order valence-corrected chi connectivity index (χ0v) is 9.58. The lowest BCUT2D eigenvalue weighted by molar-refractivity contribution is 0.0687. The fourth-order valence-electron chi connectivity index (χ4n) is 1.93. The van der Waals surface area contributed by atoms with Crippen LogP contribution in [0.1, 0.15) is 16.2 Å². The Morgan fingerprint density at radius 2 is 2.22 bits per heavy atom. The van der Waals surface area contributed by atoms with Crippen molar-refractivity contribution in [2.45, 2.75) is 6.92 Å². The van der Waals surface area contributed by atoms with E-state index in [1.807, 2.05) is 12.1 Å². The monoisotopic (exact) mass is 242 g/mol. The summed E-state index contributed by atoms with van der Waals surface area (Å²) in [7, 11) is 0. The number of nitrogens with one attached hydrogen (secondary N) is 1. The van der Waals surface area contributed by atoms with Crippen LogP contribution in [-0.4, -0.2) is 30.7 Å². The minimum absolute atomic E-state index is 0.0994. The van der Waals surface area contributed by atoms with Gasteiger partial charge in [0.15, 0.2) is 11.3 Å². The average molecular weight is 242 g/mol. The Morgan fingerprint density at radius 1 is 1.39 bits per heavy atom. The van der Waals surface area contributed by atoms with Crippen LogP contribution in [-0.2, 0) is 0 Å². The lowest BCUT2D eigenvalue weighted by Crippen LogP contribution is -2.06. The molecule has 0 spiro atoms. The van der Waals surface area contributed by atoms with E-state index in [-0.39, 0.29) is 5.69 Å². The number of aromatic amines is 1. The van der Waals surface area contributed by atoms with Gasteiger partial charge in [-0.3, -0.25) is 0 Å². The number of carboxylic acid groups (broad SMARTS) is 1. The van der Waals surface area contributed by atoms with Gasteiger partial charge in [0.1, 0.15) is 0 Å². The Hall–Kier alpha value is -2.63. The molecule has 0 bridgehead atoms. The van der Waals surface area contributed by atoms with E-state index in [4.69, 9.17) is 5.11 Å². The summed E-state index contributed by atoms with van der Waals surface area (Å²) in [5.41, 5.74) is 2.69. The molecule has 2 N–H and O–H groups in total. The summed E-state index contributed by atoms with van der Waals surface area (Å²) in [6.45, 7) is 1.66. The highest BCUT2D eigenvalue weighted by atomic mass is 16.4. The van der Waals surface area contributed by atoms with Crippen molar-refractivity contribution in [1.29, 1.82) is 0 Å². The zero-order chi connectivity index (χ0) is 12.7. The van der Waals surface area contributed by atoms with E-state index in [2.05, 4.69) is 15.1 Å². The third kappa shape index (κ3) is 1.46. The predicted octanol–water partition coefficient (Wildman–Crippen LogP) is 1.73. The van der Waals surface area contributed by atoms with Crippen LogP contribution in [0.3, 0.4) is 0 Å². The molecule has 90 valence electrons. The molecule has 6 nitrogen and oxygen atoms in total. The minimum atomic E-state index is -1.03. The van der Waals surface area contributed by atoms with Crippen LogP contribution in [0.5, 0.6) is 0 Å². The van der Waals surface area contributed by atoms with Gasteiger partial charge in [0.05, 0.1) is 11.4 Å². The number of H-pyrrole nitrogens is 1. The summed E-state index contributed by atoms with van der Waals surface area (Å²) >= 11 is 0. The van der Waals surface area contributed by atoms with Crippen molar-refractivity contribution in [3.63, 3.8) is 0 Å². The molecule has 0 atom stereocenters. The maximum atomic E-state index is 11.2. The third-order valence-electron chi connectivity index (χ3n) is 2.75. The number of carboxylic acids is 1. The first-order chi connectivity index (χ1) is 8.66. The standard InChI is InChI=1S/C12H10N4O2/c1-7-11(12(17)18)16-10(14-7)3-2-9(15-16)8-4-5-13-6-8/h2-6,13H,1H3,(H,17,18). The Bertz CT molecular complexity index is 728. The van der Waals surface area contributed by atoms with E-state index in [1.165, 1.54) is 4.52 Å². The van der Waals surface area contributed by atoms with Gasteiger partial charge in [-0.05, 0) is 25.1 Å². The van der Waals surface area contributed by atoms with Crippen LogP contribution in [0.15, 0.2) is 30.6 Å². The SMILES string of the molecule is Cc1nc2ccc(-c3cc[nH]c3)nn2c1C(=O)O. The number of rotatable bonds is 2. The van der Waals surface area contributed by atoms with Crippen molar-refractivity contribution in [3.8, 4) is 11.3 Å². The number of fused-ring (bicyclic) bond motifs is 1. The number of imidazole rings is 1. The molecule has 3 aromatic rings. The molecule has 0 saturated carbocycles. The smallest absolute Gasteiger partial charge is 0.356 e. The topological polar surface area (TPSA) is 83.3 Å². The molecule has 3 aromatic heterocycles. The van der Waals surface area contributed by atoms with E-state index < -0.39 is 5.97 Å². The molecule has 0 aliphatic heterocycles. The van der Waals surface area contributed by atoms with Crippen LogP contribution in [0.2, 0.25) is 0 Å². The van der Waals surface area contributed by atoms with Gasteiger partial charge < -0.3 is 10.1 Å². The van der Waals surface area contributed by atoms with E-state index in [1.54, 1.807) is 25.4 Å². The average Bonchev–Trinajstić information content (AvgIpc) is 2.92. The Balaban J connectivity index is 2.28. The first-order valence-electron chi connectivity index (χ1n) is 5.39. The molecule has 0 aliphatic carbocycles. The number of nitrogens with zero attached hydrogens (tertiary/aromatic N) is 3. The summed E-state index contributed by atoms with van der Waals surface area (Å²) in [5, 5.41) is 13.5. The van der Waals surface area contributed by atoms with Crippen molar-refractivity contribution in [3.05, 3.63) is 42.0 Å². The molecule has 0 radical (unpaired) electrons. The minimum Gasteiger partial charge on any atom is -0.476 e. The zero-order valence-electron chi connectivity index (χ0n) is 9.58. The molecule has 0 saturated heterocycles. The summed E-state index contributed by atoms with van der Waals surface area (Å²) in [5.74, 6) is -1.03. The molecular weight excluding hydrogens is 232 g/mol. The molecule has 0 fully saturated rings. The van der Waals surface area contributed by atoms with Gasteiger partial charge in [-0.2, -0.15) is 5.10 Å². The van der Waals surface area contributed by atoms with Gasteiger partial charge in [-0.15, -0.1) is 0 Å². The van der Waals surface area contributed by atoms with E-state index >= 15 is 0 Å². The van der Waals surface area contributed by atoms with Crippen LogP contribution < -0.4 is 0 Å². The first kappa shape index (κ1) is 10.5. The van der Waals surface area contributed by atoms with Gasteiger partial charge >= 0.3 is 5.97 Å². The van der Waals surface area contributed by atoms with Gasteiger partial charge in [0.2, 0.25) is 0 Å². The number of hydrogen-bond donors (Lipinski definition) is 2. The lowest BCUT2D eigenvalue weighted by Gasteiger charge is -2.00. The molecule has 0 aromatic carbocycles. The van der Waals surface area contributed by atoms with Gasteiger partial charge in [0, 0.05) is 18.0 Å². The van der Waals surface area contributed by atoms with Crippen molar-refractivity contribution in [1.82, 2.24) is 19.6 Å². The van der Waals surface area contributed by atoms with Gasteiger partial charge in [0.25, 0.3) is 0 Å². The van der Waals surface area contributed by atoms with Crippen LogP contribution in [0.4, 0.5) is 0 Å². The fraction of sp³-hybridized carbons (Fsp3) is 0.0833. The quantitative estimate of drug-likeness (QED) is 0.716. The predicted molar refractivity (Wildman–Crippen MR) is 64.5 cm³/mol. The van der Waals surface area contributed by atoms with E-state index in [0.29, 0.717) is 17.0 Å². The van der Waals surface area contributed by atoms with Crippen LogP contribution in [0.25, 0.3) is 16.9 Å². The third-order valence-corrected chi connectivity index (χ3v) is 2.75. The molecule has 18 heavy (non-hydrogen) atoms. The second kappa shape index (κ2) is 3.69. The second-order valence-electron chi connectivity index (χ2n) is 3.94. The molecule has 0 aliphatic rings. The number of aromatic nitrogens is 4. The number of hydrogen-bond acceptors (Lipinski definition) is 3. The van der Waals surface area contributed by atoms with Crippen molar-refractivity contribution in [2.75, 3.05) is 0 Å². The highest BCUT2D eigenvalue weighted by molar-refractivity contribution is 5.88. The molecule has 6 heteroatoms. The fourth-order valence-corrected chi connectivity index (χ4v) is 1.93. The Labute approximate surface area is 102 Å². The summed E-state index contributed by atoms with van der Waals surface area (Å²) in [4.78, 5) is 18.3. The number of aryl methyl sites for hydroxylation is 1. The molecule has 3 heterocycles.